The molecule has 132 valence electrons. The summed E-state index contributed by atoms with van der Waals surface area (Å²) in [5.41, 5.74) is 2.21. The van der Waals surface area contributed by atoms with E-state index in [-0.39, 0.29) is 11.8 Å². The molecule has 6 nitrogen and oxygen atoms in total. The molecule has 3 aromatic rings. The number of hydrogen-bond acceptors (Lipinski definition) is 4. The van der Waals surface area contributed by atoms with Crippen LogP contribution in [0.3, 0.4) is 0 Å². The van der Waals surface area contributed by atoms with Gasteiger partial charge in [0.1, 0.15) is 6.04 Å². The predicted octanol–water partition coefficient (Wildman–Crippen LogP) is 3.18. The highest BCUT2D eigenvalue weighted by molar-refractivity contribution is 7.08. The third-order valence-electron chi connectivity index (χ3n) is 4.47. The molecule has 4 rings (SSSR count). The minimum Gasteiger partial charge on any atom is -0.327 e. The second-order valence-corrected chi connectivity index (χ2v) is 6.94. The summed E-state index contributed by atoms with van der Waals surface area (Å²) < 4.78 is 1.73. The van der Waals surface area contributed by atoms with Gasteiger partial charge in [-0.25, -0.2) is 4.68 Å². The fraction of sp³-hybridized carbons (Fsp3) is 0.211. The molecule has 1 fully saturated rings. The van der Waals surface area contributed by atoms with Crippen LogP contribution in [0.4, 0.5) is 5.69 Å². The van der Waals surface area contributed by atoms with Crippen molar-refractivity contribution in [1.29, 1.82) is 0 Å². The number of hydrogen-bond donors (Lipinski definition) is 1. The average Bonchev–Trinajstić information content (AvgIpc) is 3.44. The van der Waals surface area contributed by atoms with Crippen LogP contribution in [-0.4, -0.2) is 39.1 Å². The fourth-order valence-electron chi connectivity index (χ4n) is 3.21. The number of nitrogens with zero attached hydrogens (tertiary/aromatic N) is 3. The van der Waals surface area contributed by atoms with Crippen molar-refractivity contribution in [3.8, 4) is 5.69 Å². The van der Waals surface area contributed by atoms with Gasteiger partial charge in [-0.05, 0) is 48.6 Å². The molecule has 2 aromatic heterocycles. The van der Waals surface area contributed by atoms with E-state index in [4.69, 9.17) is 0 Å². The topological polar surface area (TPSA) is 67.2 Å². The van der Waals surface area contributed by atoms with Gasteiger partial charge in [0.2, 0.25) is 5.91 Å². The molecule has 1 aliphatic rings. The molecule has 0 radical (unpaired) electrons. The van der Waals surface area contributed by atoms with Crippen molar-refractivity contribution in [2.45, 2.75) is 18.9 Å². The fourth-order valence-corrected chi connectivity index (χ4v) is 3.84. The highest BCUT2D eigenvalue weighted by atomic mass is 32.1. The molecular weight excluding hydrogens is 348 g/mol. The summed E-state index contributed by atoms with van der Waals surface area (Å²) >= 11 is 1.48. The van der Waals surface area contributed by atoms with Gasteiger partial charge in [-0.3, -0.25) is 9.59 Å². The van der Waals surface area contributed by atoms with E-state index in [1.165, 1.54) is 11.3 Å². The van der Waals surface area contributed by atoms with Crippen molar-refractivity contribution in [1.82, 2.24) is 14.7 Å². The van der Waals surface area contributed by atoms with Crippen molar-refractivity contribution in [3.63, 3.8) is 0 Å². The number of nitrogens with one attached hydrogen (secondary N) is 1. The molecule has 26 heavy (non-hydrogen) atoms. The lowest BCUT2D eigenvalue weighted by Crippen LogP contribution is -2.43. The van der Waals surface area contributed by atoms with Gasteiger partial charge < -0.3 is 10.2 Å². The van der Waals surface area contributed by atoms with Crippen LogP contribution in [0.25, 0.3) is 5.69 Å². The summed E-state index contributed by atoms with van der Waals surface area (Å²) in [6, 6.07) is 10.7. The Morgan fingerprint density at radius 1 is 1.23 bits per heavy atom. The van der Waals surface area contributed by atoms with E-state index < -0.39 is 6.04 Å². The minimum atomic E-state index is -0.434. The maximum Gasteiger partial charge on any atom is 0.255 e. The van der Waals surface area contributed by atoms with Crippen molar-refractivity contribution >= 4 is 28.8 Å². The molecule has 2 amide bonds. The lowest BCUT2D eigenvalue weighted by Gasteiger charge is -2.23. The Morgan fingerprint density at radius 2 is 2.15 bits per heavy atom. The summed E-state index contributed by atoms with van der Waals surface area (Å²) in [5.74, 6) is -0.224. The predicted molar refractivity (Wildman–Crippen MR) is 101 cm³/mol. The summed E-state index contributed by atoms with van der Waals surface area (Å²) in [4.78, 5) is 27.1. The molecule has 0 spiro atoms. The number of carbonyl (C=O) groups is 2. The molecule has 1 N–H and O–H groups in total. The van der Waals surface area contributed by atoms with Crippen LogP contribution in [0, 0.1) is 0 Å². The van der Waals surface area contributed by atoms with Crippen LogP contribution >= 0.6 is 11.3 Å². The van der Waals surface area contributed by atoms with Gasteiger partial charge in [0.15, 0.2) is 0 Å². The molecule has 7 heteroatoms. The Bertz CT molecular complexity index is 906. The van der Waals surface area contributed by atoms with Crippen LogP contribution in [0.5, 0.6) is 0 Å². The Kier molecular flexibility index (Phi) is 4.53. The van der Waals surface area contributed by atoms with E-state index in [2.05, 4.69) is 10.4 Å². The molecule has 1 aromatic carbocycles. The average molecular weight is 366 g/mol. The van der Waals surface area contributed by atoms with Gasteiger partial charge in [-0.2, -0.15) is 16.4 Å². The van der Waals surface area contributed by atoms with E-state index in [0.29, 0.717) is 24.2 Å². The summed E-state index contributed by atoms with van der Waals surface area (Å²) in [6.07, 6.45) is 5.07. The number of benzene rings is 1. The minimum absolute atomic E-state index is 0.0748. The molecule has 0 saturated carbocycles. The van der Waals surface area contributed by atoms with Gasteiger partial charge >= 0.3 is 0 Å². The zero-order valence-electron chi connectivity index (χ0n) is 14.0. The number of likely N-dealkylation sites (tertiary alicyclic amines) is 1. The van der Waals surface area contributed by atoms with E-state index in [1.807, 2.05) is 47.3 Å². The van der Waals surface area contributed by atoms with Crippen molar-refractivity contribution < 1.29 is 9.59 Å². The molecule has 0 bridgehead atoms. The van der Waals surface area contributed by atoms with E-state index >= 15 is 0 Å². The summed E-state index contributed by atoms with van der Waals surface area (Å²) in [6.45, 7) is 0.611. The third-order valence-corrected chi connectivity index (χ3v) is 5.15. The SMILES string of the molecule is O=C(Nc1cccc(-n2cccn2)c1)[C@@H]1CCCN1C(=O)c1ccsc1. The smallest absolute Gasteiger partial charge is 0.255 e. The van der Waals surface area contributed by atoms with Gasteiger partial charge in [0.25, 0.3) is 5.91 Å². The van der Waals surface area contributed by atoms with Gasteiger partial charge in [0.05, 0.1) is 11.3 Å². The molecular formula is C19H18N4O2S. The molecule has 1 atom stereocenters. The Hall–Kier alpha value is -2.93. The van der Waals surface area contributed by atoms with Crippen molar-refractivity contribution in [2.24, 2.45) is 0 Å². The Labute approximate surface area is 155 Å². The molecule has 1 aliphatic heterocycles. The number of thiophene rings is 1. The Balaban J connectivity index is 1.49. The van der Waals surface area contributed by atoms with Crippen LogP contribution in [0.15, 0.2) is 59.6 Å². The highest BCUT2D eigenvalue weighted by Crippen LogP contribution is 2.23. The van der Waals surface area contributed by atoms with Crippen LogP contribution in [0.2, 0.25) is 0 Å². The quantitative estimate of drug-likeness (QED) is 0.771. The molecule has 0 aliphatic carbocycles. The number of anilines is 1. The first-order valence-electron chi connectivity index (χ1n) is 8.46. The van der Waals surface area contributed by atoms with Gasteiger partial charge in [-0.15, -0.1) is 0 Å². The second-order valence-electron chi connectivity index (χ2n) is 6.16. The lowest BCUT2D eigenvalue weighted by atomic mass is 10.2. The molecule has 1 saturated heterocycles. The number of amides is 2. The highest BCUT2D eigenvalue weighted by Gasteiger charge is 2.34. The van der Waals surface area contributed by atoms with Crippen LogP contribution in [-0.2, 0) is 4.79 Å². The van der Waals surface area contributed by atoms with Gasteiger partial charge in [0, 0.05) is 30.0 Å². The van der Waals surface area contributed by atoms with Crippen molar-refractivity contribution in [2.75, 3.05) is 11.9 Å². The first-order valence-corrected chi connectivity index (χ1v) is 9.41. The van der Waals surface area contributed by atoms with Gasteiger partial charge in [-0.1, -0.05) is 6.07 Å². The normalized spacial score (nSPS) is 16.6. The van der Waals surface area contributed by atoms with E-state index in [1.54, 1.807) is 21.8 Å². The standard InChI is InChI=1S/C19H18N4O2S/c24-18(17-6-2-9-22(17)19(25)14-7-11-26-13-14)21-15-4-1-5-16(12-15)23-10-3-8-20-23/h1,3-5,7-8,10-13,17H,2,6,9H2,(H,21,24)/t17-/m0/s1. The van der Waals surface area contributed by atoms with Crippen LogP contribution in [0.1, 0.15) is 23.2 Å². The van der Waals surface area contributed by atoms with E-state index in [0.717, 1.165) is 12.1 Å². The number of aromatic nitrogens is 2. The lowest BCUT2D eigenvalue weighted by molar-refractivity contribution is -0.119. The maximum absolute atomic E-state index is 12.8. The summed E-state index contributed by atoms with van der Waals surface area (Å²) in [7, 11) is 0. The monoisotopic (exact) mass is 366 g/mol. The number of carbonyl (C=O) groups excluding carboxylic acids is 2. The first kappa shape index (κ1) is 16.5. The maximum atomic E-state index is 12.8. The molecule has 0 unspecified atom stereocenters. The zero-order valence-corrected chi connectivity index (χ0v) is 14.9. The number of rotatable bonds is 4. The summed E-state index contributed by atoms with van der Waals surface area (Å²) in [5, 5.41) is 10.8. The largest absolute Gasteiger partial charge is 0.327 e. The van der Waals surface area contributed by atoms with Crippen molar-refractivity contribution in [3.05, 3.63) is 65.1 Å². The second kappa shape index (κ2) is 7.13. The Morgan fingerprint density at radius 3 is 2.92 bits per heavy atom. The third kappa shape index (κ3) is 3.25. The molecule has 3 heterocycles. The zero-order chi connectivity index (χ0) is 17.9. The first-order chi connectivity index (χ1) is 12.7. The van der Waals surface area contributed by atoms with E-state index in [9.17, 15) is 9.59 Å². The van der Waals surface area contributed by atoms with Crippen LogP contribution < -0.4 is 5.32 Å².